The minimum atomic E-state index is 0.965. The molecule has 2 aromatic rings. The van der Waals surface area contributed by atoms with Gasteiger partial charge in [0.25, 0.3) is 0 Å². The molecule has 0 atom stereocenters. The molecule has 0 bridgehead atoms. The molecule has 0 radical (unpaired) electrons. The number of para-hydroxylation sites is 2. The summed E-state index contributed by atoms with van der Waals surface area (Å²) in [5.41, 5.74) is 13.0. The number of nitrogens with zero attached hydrogens (tertiary/aromatic N) is 2. The molecule has 1 aliphatic rings. The van der Waals surface area contributed by atoms with Gasteiger partial charge in [-0.15, -0.1) is 0 Å². The van der Waals surface area contributed by atoms with Crippen LogP contribution in [0.25, 0.3) is 0 Å². The minimum absolute atomic E-state index is 0.965. The summed E-state index contributed by atoms with van der Waals surface area (Å²) in [4.78, 5) is 0. The summed E-state index contributed by atoms with van der Waals surface area (Å²) in [6, 6.07) is 16.4. The first-order valence-corrected chi connectivity index (χ1v) is 8.51. The van der Waals surface area contributed by atoms with Gasteiger partial charge in [-0.1, -0.05) is 36.4 Å². The monoisotopic (exact) mass is 320 g/mol. The first kappa shape index (κ1) is 16.2. The Kier molecular flexibility index (Phi) is 5.26. The highest BCUT2D eigenvalue weighted by Crippen LogP contribution is 2.18. The Labute approximate surface area is 143 Å². The van der Waals surface area contributed by atoms with Gasteiger partial charge in [-0.3, -0.25) is 10.9 Å². The van der Waals surface area contributed by atoms with Gasteiger partial charge in [0.05, 0.1) is 22.8 Å². The van der Waals surface area contributed by atoms with E-state index in [0.29, 0.717) is 0 Å². The second-order valence-electron chi connectivity index (χ2n) is 6.18. The van der Waals surface area contributed by atoms with E-state index in [0.717, 1.165) is 48.5 Å². The van der Waals surface area contributed by atoms with Crippen molar-refractivity contribution >= 4 is 22.8 Å². The fraction of sp³-hybridized carbons (Fsp3) is 0.300. The molecule has 0 aliphatic heterocycles. The SMILES string of the molecule is Cc1ccccc1N/N=C1\CCCC\C1=N/Nc1ccccc1C. The molecule has 3 rings (SSSR count). The lowest BCUT2D eigenvalue weighted by molar-refractivity contribution is 0.774. The van der Waals surface area contributed by atoms with Crippen molar-refractivity contribution in [2.75, 3.05) is 10.9 Å². The van der Waals surface area contributed by atoms with Crippen LogP contribution in [-0.4, -0.2) is 11.4 Å². The predicted octanol–water partition coefficient (Wildman–Crippen LogP) is 5.11. The van der Waals surface area contributed by atoms with E-state index in [4.69, 9.17) is 0 Å². The topological polar surface area (TPSA) is 48.8 Å². The van der Waals surface area contributed by atoms with Gasteiger partial charge in [-0.25, -0.2) is 0 Å². The third-order valence-corrected chi connectivity index (χ3v) is 4.32. The van der Waals surface area contributed by atoms with Crippen molar-refractivity contribution in [3.63, 3.8) is 0 Å². The normalized spacial score (nSPS) is 17.9. The maximum atomic E-state index is 4.63. The van der Waals surface area contributed by atoms with Crippen LogP contribution in [0.15, 0.2) is 58.7 Å². The minimum Gasteiger partial charge on any atom is -0.278 e. The van der Waals surface area contributed by atoms with Gasteiger partial charge in [-0.2, -0.15) is 10.2 Å². The van der Waals surface area contributed by atoms with Crippen molar-refractivity contribution in [1.82, 2.24) is 0 Å². The standard InChI is InChI=1S/C20H24N4/c1-15-9-3-5-11-17(15)21-23-19-13-7-8-14-20(19)24-22-18-12-6-4-10-16(18)2/h3-6,9-12,21-22H,7-8,13-14H2,1-2H3/b23-19+,24-20+. The third-order valence-electron chi connectivity index (χ3n) is 4.32. The molecule has 0 heterocycles. The fourth-order valence-electron chi connectivity index (χ4n) is 2.77. The molecule has 0 unspecified atom stereocenters. The van der Waals surface area contributed by atoms with E-state index in [2.05, 4.69) is 47.0 Å². The number of hydrogen-bond donors (Lipinski definition) is 2. The zero-order valence-electron chi connectivity index (χ0n) is 14.3. The summed E-state index contributed by atoms with van der Waals surface area (Å²) in [5, 5.41) is 9.25. The van der Waals surface area contributed by atoms with Crippen molar-refractivity contribution in [2.45, 2.75) is 39.5 Å². The Morgan fingerprint density at radius 2 is 1.08 bits per heavy atom. The molecular weight excluding hydrogens is 296 g/mol. The Bertz CT molecular complexity index is 696. The van der Waals surface area contributed by atoms with E-state index in [1.165, 1.54) is 11.1 Å². The zero-order valence-corrected chi connectivity index (χ0v) is 14.3. The molecule has 124 valence electrons. The van der Waals surface area contributed by atoms with Crippen LogP contribution in [0.4, 0.5) is 11.4 Å². The van der Waals surface area contributed by atoms with Crippen LogP contribution in [0.3, 0.4) is 0 Å². The van der Waals surface area contributed by atoms with Gasteiger partial charge >= 0.3 is 0 Å². The first-order chi connectivity index (χ1) is 11.7. The molecule has 4 nitrogen and oxygen atoms in total. The average Bonchev–Trinajstić information content (AvgIpc) is 2.61. The number of anilines is 2. The van der Waals surface area contributed by atoms with Gasteiger partial charge in [-0.05, 0) is 62.8 Å². The van der Waals surface area contributed by atoms with Crippen LogP contribution in [0.2, 0.25) is 0 Å². The van der Waals surface area contributed by atoms with Crippen molar-refractivity contribution < 1.29 is 0 Å². The van der Waals surface area contributed by atoms with Crippen LogP contribution in [-0.2, 0) is 0 Å². The molecule has 2 aromatic carbocycles. The second-order valence-corrected chi connectivity index (χ2v) is 6.18. The van der Waals surface area contributed by atoms with Crippen molar-refractivity contribution in [3.05, 3.63) is 59.7 Å². The Hall–Kier alpha value is -2.62. The second kappa shape index (κ2) is 7.77. The zero-order chi connectivity index (χ0) is 16.8. The number of rotatable bonds is 4. The Balaban J connectivity index is 1.75. The van der Waals surface area contributed by atoms with Crippen LogP contribution in [0.5, 0.6) is 0 Å². The predicted molar refractivity (Wildman–Crippen MR) is 103 cm³/mol. The van der Waals surface area contributed by atoms with E-state index < -0.39 is 0 Å². The fourth-order valence-corrected chi connectivity index (χ4v) is 2.77. The molecule has 0 amide bonds. The first-order valence-electron chi connectivity index (χ1n) is 8.51. The van der Waals surface area contributed by atoms with Gasteiger partial charge in [0.2, 0.25) is 0 Å². The van der Waals surface area contributed by atoms with Crippen molar-refractivity contribution in [1.29, 1.82) is 0 Å². The molecule has 2 N–H and O–H groups in total. The van der Waals surface area contributed by atoms with E-state index in [-0.39, 0.29) is 0 Å². The molecular formula is C20H24N4. The van der Waals surface area contributed by atoms with Gasteiger partial charge in [0, 0.05) is 0 Å². The summed E-state index contributed by atoms with van der Waals surface area (Å²) < 4.78 is 0. The maximum absolute atomic E-state index is 4.63. The molecule has 0 aromatic heterocycles. The quantitative estimate of drug-likeness (QED) is 0.769. The van der Waals surface area contributed by atoms with Gasteiger partial charge in [0.15, 0.2) is 0 Å². The highest BCUT2D eigenvalue weighted by molar-refractivity contribution is 6.43. The summed E-state index contributed by atoms with van der Waals surface area (Å²) in [7, 11) is 0. The smallest absolute Gasteiger partial charge is 0.0839 e. The van der Waals surface area contributed by atoms with Gasteiger partial charge in [0.1, 0.15) is 0 Å². The molecule has 24 heavy (non-hydrogen) atoms. The number of hydrogen-bond acceptors (Lipinski definition) is 4. The van der Waals surface area contributed by atoms with E-state index in [1.54, 1.807) is 0 Å². The number of benzene rings is 2. The molecule has 0 saturated heterocycles. The van der Waals surface area contributed by atoms with Gasteiger partial charge < -0.3 is 0 Å². The molecule has 0 spiro atoms. The lowest BCUT2D eigenvalue weighted by Gasteiger charge is -2.17. The third kappa shape index (κ3) is 4.02. The summed E-state index contributed by atoms with van der Waals surface area (Å²) >= 11 is 0. The van der Waals surface area contributed by atoms with E-state index >= 15 is 0 Å². The van der Waals surface area contributed by atoms with E-state index in [1.807, 2.05) is 36.4 Å². The summed E-state index contributed by atoms with van der Waals surface area (Å²) in [6.07, 6.45) is 4.26. The summed E-state index contributed by atoms with van der Waals surface area (Å²) in [6.45, 7) is 4.16. The van der Waals surface area contributed by atoms with Crippen LogP contribution >= 0.6 is 0 Å². The lowest BCUT2D eigenvalue weighted by atomic mass is 9.96. The van der Waals surface area contributed by atoms with Crippen molar-refractivity contribution in [2.24, 2.45) is 10.2 Å². The molecule has 1 saturated carbocycles. The highest BCUT2D eigenvalue weighted by atomic mass is 15.3. The van der Waals surface area contributed by atoms with Crippen molar-refractivity contribution in [3.8, 4) is 0 Å². The largest absolute Gasteiger partial charge is 0.278 e. The summed E-state index contributed by atoms with van der Waals surface area (Å²) in [5.74, 6) is 0. The maximum Gasteiger partial charge on any atom is 0.0839 e. The number of hydrazone groups is 2. The number of nitrogens with one attached hydrogen (secondary N) is 2. The number of aryl methyl sites for hydroxylation is 2. The average molecular weight is 320 g/mol. The van der Waals surface area contributed by atoms with E-state index in [9.17, 15) is 0 Å². The highest BCUT2D eigenvalue weighted by Gasteiger charge is 2.15. The molecule has 4 heteroatoms. The molecule has 1 aliphatic carbocycles. The van der Waals surface area contributed by atoms with Crippen LogP contribution in [0, 0.1) is 13.8 Å². The van der Waals surface area contributed by atoms with Crippen LogP contribution < -0.4 is 10.9 Å². The Morgan fingerprint density at radius 1 is 0.667 bits per heavy atom. The lowest BCUT2D eigenvalue weighted by Crippen LogP contribution is -2.22. The van der Waals surface area contributed by atoms with Crippen LogP contribution in [0.1, 0.15) is 36.8 Å². The molecule has 1 fully saturated rings. The Morgan fingerprint density at radius 3 is 1.50 bits per heavy atom.